The highest BCUT2D eigenvalue weighted by atomic mass is 32.2. The second-order valence-corrected chi connectivity index (χ2v) is 6.44. The van der Waals surface area contributed by atoms with E-state index < -0.39 is 0 Å². The third-order valence-corrected chi connectivity index (χ3v) is 4.75. The summed E-state index contributed by atoms with van der Waals surface area (Å²) in [6.45, 7) is 1.15. The van der Waals surface area contributed by atoms with Crippen LogP contribution >= 0.6 is 11.8 Å². The molecule has 21 heavy (non-hydrogen) atoms. The Bertz CT molecular complexity index is 537. The monoisotopic (exact) mass is 303 g/mol. The standard InChI is InChI=1S/C16H21N3OS/c1-2-7-14(8-3-1)21-12-15-18-16(20-19-15)10-9-13-6-4-5-11-17-13/h1-3,7-8,13,17H,4-6,9-12H2. The summed E-state index contributed by atoms with van der Waals surface area (Å²) < 4.78 is 5.34. The third kappa shape index (κ3) is 4.58. The van der Waals surface area contributed by atoms with Crippen molar-refractivity contribution in [3.8, 4) is 0 Å². The molecule has 0 bridgehead atoms. The zero-order valence-corrected chi connectivity index (χ0v) is 12.9. The van der Waals surface area contributed by atoms with Gasteiger partial charge in [-0.2, -0.15) is 4.98 Å². The molecule has 1 fully saturated rings. The number of benzene rings is 1. The lowest BCUT2D eigenvalue weighted by Gasteiger charge is -2.22. The quantitative estimate of drug-likeness (QED) is 0.829. The van der Waals surface area contributed by atoms with Gasteiger partial charge in [-0.15, -0.1) is 11.8 Å². The molecule has 5 heteroatoms. The normalized spacial score (nSPS) is 18.8. The van der Waals surface area contributed by atoms with Gasteiger partial charge in [-0.1, -0.05) is 29.8 Å². The summed E-state index contributed by atoms with van der Waals surface area (Å²) in [6, 6.07) is 10.9. The molecule has 0 radical (unpaired) electrons. The molecule has 4 nitrogen and oxygen atoms in total. The van der Waals surface area contributed by atoms with Gasteiger partial charge in [0.25, 0.3) is 0 Å². The Hall–Kier alpha value is -1.33. The van der Waals surface area contributed by atoms with Crippen LogP contribution in [0.3, 0.4) is 0 Å². The first-order valence-corrected chi connectivity index (χ1v) is 8.61. The summed E-state index contributed by atoms with van der Waals surface area (Å²) in [5, 5.41) is 7.62. The van der Waals surface area contributed by atoms with Crippen LogP contribution in [0.15, 0.2) is 39.8 Å². The summed E-state index contributed by atoms with van der Waals surface area (Å²) in [6.07, 6.45) is 5.87. The average Bonchev–Trinajstić information content (AvgIpc) is 3.01. The van der Waals surface area contributed by atoms with Gasteiger partial charge < -0.3 is 9.84 Å². The van der Waals surface area contributed by atoms with Gasteiger partial charge >= 0.3 is 0 Å². The van der Waals surface area contributed by atoms with Crippen molar-refractivity contribution in [1.82, 2.24) is 15.5 Å². The highest BCUT2D eigenvalue weighted by Gasteiger charge is 2.14. The van der Waals surface area contributed by atoms with E-state index in [2.05, 4.69) is 27.6 Å². The van der Waals surface area contributed by atoms with Crippen LogP contribution in [0.25, 0.3) is 0 Å². The molecule has 0 spiro atoms. The third-order valence-electron chi connectivity index (χ3n) is 3.74. The fraction of sp³-hybridized carbons (Fsp3) is 0.500. The molecule has 112 valence electrons. The fourth-order valence-corrected chi connectivity index (χ4v) is 3.35. The lowest BCUT2D eigenvalue weighted by Crippen LogP contribution is -2.34. The first kappa shape index (κ1) is 14.6. The van der Waals surface area contributed by atoms with Crippen LogP contribution in [0.2, 0.25) is 0 Å². The van der Waals surface area contributed by atoms with Crippen LogP contribution < -0.4 is 5.32 Å². The van der Waals surface area contributed by atoms with Crippen molar-refractivity contribution in [2.45, 2.75) is 48.8 Å². The zero-order valence-electron chi connectivity index (χ0n) is 12.1. The van der Waals surface area contributed by atoms with Gasteiger partial charge in [-0.05, 0) is 37.9 Å². The minimum absolute atomic E-state index is 0.618. The van der Waals surface area contributed by atoms with Crippen LogP contribution in [0.4, 0.5) is 0 Å². The van der Waals surface area contributed by atoms with E-state index >= 15 is 0 Å². The summed E-state index contributed by atoms with van der Waals surface area (Å²) >= 11 is 1.74. The van der Waals surface area contributed by atoms with Gasteiger partial charge in [-0.3, -0.25) is 0 Å². The summed E-state index contributed by atoms with van der Waals surface area (Å²) in [5.74, 6) is 2.32. The van der Waals surface area contributed by atoms with Gasteiger partial charge in [0.2, 0.25) is 5.89 Å². The summed E-state index contributed by atoms with van der Waals surface area (Å²) in [4.78, 5) is 5.72. The van der Waals surface area contributed by atoms with E-state index in [4.69, 9.17) is 4.52 Å². The van der Waals surface area contributed by atoms with Crippen LogP contribution in [0.5, 0.6) is 0 Å². The molecule has 0 saturated carbocycles. The maximum atomic E-state index is 5.34. The molecule has 3 rings (SSSR count). The Morgan fingerprint density at radius 1 is 1.24 bits per heavy atom. The van der Waals surface area contributed by atoms with E-state index in [-0.39, 0.29) is 0 Å². The highest BCUT2D eigenvalue weighted by molar-refractivity contribution is 7.98. The predicted octanol–water partition coefficient (Wildman–Crippen LogP) is 3.44. The molecule has 0 amide bonds. The number of rotatable bonds is 6. The number of piperidine rings is 1. The minimum atomic E-state index is 0.618. The molecule has 0 aliphatic carbocycles. The van der Waals surface area contributed by atoms with Crippen LogP contribution in [-0.2, 0) is 12.2 Å². The summed E-state index contributed by atoms with van der Waals surface area (Å²) in [7, 11) is 0. The molecule has 1 atom stereocenters. The van der Waals surface area contributed by atoms with Gasteiger partial charge in [0.1, 0.15) is 0 Å². The maximum absolute atomic E-state index is 5.34. The average molecular weight is 303 g/mol. The first-order valence-electron chi connectivity index (χ1n) is 7.63. The van der Waals surface area contributed by atoms with Gasteiger partial charge in [-0.25, -0.2) is 0 Å². The second kappa shape index (κ2) is 7.61. The van der Waals surface area contributed by atoms with Crippen molar-refractivity contribution in [3.63, 3.8) is 0 Å². The van der Waals surface area contributed by atoms with Crippen molar-refractivity contribution in [2.75, 3.05) is 6.54 Å². The number of hydrogen-bond acceptors (Lipinski definition) is 5. The molecular formula is C16H21N3OS. The van der Waals surface area contributed by atoms with Crippen molar-refractivity contribution >= 4 is 11.8 Å². The maximum Gasteiger partial charge on any atom is 0.226 e. The molecule has 1 unspecified atom stereocenters. The van der Waals surface area contributed by atoms with Crippen molar-refractivity contribution in [3.05, 3.63) is 42.0 Å². The lowest BCUT2D eigenvalue weighted by atomic mass is 10.0. The topological polar surface area (TPSA) is 51.0 Å². The van der Waals surface area contributed by atoms with Crippen molar-refractivity contribution in [2.24, 2.45) is 0 Å². The lowest BCUT2D eigenvalue weighted by molar-refractivity contribution is 0.341. The van der Waals surface area contributed by atoms with E-state index in [1.54, 1.807) is 11.8 Å². The second-order valence-electron chi connectivity index (χ2n) is 5.39. The van der Waals surface area contributed by atoms with E-state index in [1.807, 2.05) is 18.2 Å². The van der Waals surface area contributed by atoms with Crippen LogP contribution in [0.1, 0.15) is 37.4 Å². The number of aromatic nitrogens is 2. The molecule has 2 heterocycles. The Balaban J connectivity index is 1.45. The number of nitrogens with zero attached hydrogens (tertiary/aromatic N) is 2. The van der Waals surface area contributed by atoms with E-state index in [0.29, 0.717) is 6.04 Å². The molecule has 1 aromatic carbocycles. The predicted molar refractivity (Wildman–Crippen MR) is 84.3 cm³/mol. The Morgan fingerprint density at radius 3 is 2.95 bits per heavy atom. The number of thioether (sulfide) groups is 1. The van der Waals surface area contributed by atoms with Gasteiger partial charge in [0.05, 0.1) is 5.75 Å². The molecule has 1 aliphatic rings. The SMILES string of the molecule is c1ccc(SCc2noc(CCC3CCCCN3)n2)cc1. The largest absolute Gasteiger partial charge is 0.339 e. The van der Waals surface area contributed by atoms with E-state index in [0.717, 1.165) is 36.9 Å². The minimum Gasteiger partial charge on any atom is -0.339 e. The number of nitrogens with one attached hydrogen (secondary N) is 1. The Kier molecular flexibility index (Phi) is 5.29. The van der Waals surface area contributed by atoms with Crippen molar-refractivity contribution in [1.29, 1.82) is 0 Å². The molecular weight excluding hydrogens is 282 g/mol. The molecule has 1 saturated heterocycles. The molecule has 1 N–H and O–H groups in total. The number of hydrogen-bond donors (Lipinski definition) is 1. The van der Waals surface area contributed by atoms with Gasteiger partial charge in [0.15, 0.2) is 5.82 Å². The highest BCUT2D eigenvalue weighted by Crippen LogP contribution is 2.21. The van der Waals surface area contributed by atoms with Gasteiger partial charge in [0, 0.05) is 17.4 Å². The fourth-order valence-electron chi connectivity index (χ4n) is 2.58. The molecule has 1 aromatic heterocycles. The van der Waals surface area contributed by atoms with E-state index in [1.165, 1.54) is 24.2 Å². The first-order chi connectivity index (χ1) is 10.4. The smallest absolute Gasteiger partial charge is 0.226 e. The van der Waals surface area contributed by atoms with E-state index in [9.17, 15) is 0 Å². The zero-order chi connectivity index (χ0) is 14.3. The summed E-state index contributed by atoms with van der Waals surface area (Å²) in [5.41, 5.74) is 0. The Labute approximate surface area is 129 Å². The molecule has 1 aliphatic heterocycles. The Morgan fingerprint density at radius 2 is 2.14 bits per heavy atom. The number of aryl methyl sites for hydroxylation is 1. The van der Waals surface area contributed by atoms with Crippen LogP contribution in [-0.4, -0.2) is 22.7 Å². The molecule has 2 aromatic rings. The van der Waals surface area contributed by atoms with Crippen molar-refractivity contribution < 1.29 is 4.52 Å². The van der Waals surface area contributed by atoms with Crippen LogP contribution in [0, 0.1) is 0 Å².